The van der Waals surface area contributed by atoms with Crippen LogP contribution in [-0.4, -0.2) is 25.8 Å². The Morgan fingerprint density at radius 2 is 2.19 bits per heavy atom. The number of rotatable bonds is 5. The minimum atomic E-state index is 0.313. The van der Waals surface area contributed by atoms with Gasteiger partial charge < -0.3 is 9.88 Å². The first kappa shape index (κ1) is 13.8. The molecule has 5 nitrogen and oxygen atoms in total. The maximum absolute atomic E-state index is 4.27. The number of thiophene rings is 1. The van der Waals surface area contributed by atoms with Crippen LogP contribution >= 0.6 is 11.3 Å². The van der Waals surface area contributed by atoms with Crippen molar-refractivity contribution in [3.63, 3.8) is 0 Å². The van der Waals surface area contributed by atoms with Gasteiger partial charge in [-0.15, -0.1) is 10.2 Å². The number of nitrogens with zero attached hydrogens (tertiary/aromatic N) is 4. The lowest BCUT2D eigenvalue weighted by Gasteiger charge is -2.13. The van der Waals surface area contributed by atoms with E-state index in [-0.39, 0.29) is 0 Å². The van der Waals surface area contributed by atoms with Crippen molar-refractivity contribution in [2.45, 2.75) is 19.4 Å². The Balaban J connectivity index is 1.66. The molecule has 21 heavy (non-hydrogen) atoms. The summed E-state index contributed by atoms with van der Waals surface area (Å²) in [4.78, 5) is 4.27. The number of aryl methyl sites for hydroxylation is 1. The number of nitrogens with one attached hydrogen (secondary N) is 1. The van der Waals surface area contributed by atoms with Crippen molar-refractivity contribution in [3.05, 3.63) is 46.9 Å². The highest BCUT2D eigenvalue weighted by molar-refractivity contribution is 7.07. The predicted octanol–water partition coefficient (Wildman–Crippen LogP) is 2.98. The zero-order chi connectivity index (χ0) is 14.7. The second kappa shape index (κ2) is 6.05. The lowest BCUT2D eigenvalue weighted by Crippen LogP contribution is -2.18. The van der Waals surface area contributed by atoms with Crippen LogP contribution in [-0.2, 0) is 13.5 Å². The highest BCUT2D eigenvalue weighted by Crippen LogP contribution is 2.15. The molecule has 3 aromatic heterocycles. The molecule has 0 fully saturated rings. The summed E-state index contributed by atoms with van der Waals surface area (Å²) in [6, 6.07) is 6.35. The number of hydrogen-bond acceptors (Lipinski definition) is 5. The number of anilines is 1. The Morgan fingerprint density at radius 3 is 2.81 bits per heavy atom. The van der Waals surface area contributed by atoms with Crippen molar-refractivity contribution in [2.75, 3.05) is 5.32 Å². The second-order valence-corrected chi connectivity index (χ2v) is 5.83. The van der Waals surface area contributed by atoms with Gasteiger partial charge >= 0.3 is 0 Å². The molecule has 3 heterocycles. The lowest BCUT2D eigenvalue weighted by molar-refractivity contribution is 0.781. The molecule has 0 aliphatic heterocycles. The summed E-state index contributed by atoms with van der Waals surface area (Å²) in [7, 11) is 1.94. The lowest BCUT2D eigenvalue weighted by atomic mass is 10.1. The summed E-state index contributed by atoms with van der Waals surface area (Å²) >= 11 is 1.72. The fourth-order valence-corrected chi connectivity index (χ4v) is 2.89. The minimum absolute atomic E-state index is 0.313. The zero-order valence-electron chi connectivity index (χ0n) is 12.0. The van der Waals surface area contributed by atoms with Gasteiger partial charge in [0.1, 0.15) is 11.5 Å². The SMILES string of the molecule is CC(Cc1ccsc1)Nc1ccc(-c2nccn2C)nn1. The molecule has 0 saturated carbocycles. The van der Waals surface area contributed by atoms with Crippen molar-refractivity contribution in [1.82, 2.24) is 19.7 Å². The van der Waals surface area contributed by atoms with Crippen LogP contribution in [0.2, 0.25) is 0 Å². The van der Waals surface area contributed by atoms with Crippen molar-refractivity contribution in [2.24, 2.45) is 7.05 Å². The molecule has 0 bridgehead atoms. The van der Waals surface area contributed by atoms with Gasteiger partial charge in [-0.2, -0.15) is 11.3 Å². The van der Waals surface area contributed by atoms with E-state index < -0.39 is 0 Å². The van der Waals surface area contributed by atoms with Crippen LogP contribution in [0.25, 0.3) is 11.5 Å². The normalized spacial score (nSPS) is 12.3. The molecule has 6 heteroatoms. The molecule has 3 rings (SSSR count). The summed E-state index contributed by atoms with van der Waals surface area (Å²) in [6.07, 6.45) is 4.63. The average Bonchev–Trinajstić information content (AvgIpc) is 3.11. The summed E-state index contributed by atoms with van der Waals surface area (Å²) in [6.45, 7) is 2.14. The van der Waals surface area contributed by atoms with Gasteiger partial charge in [0.05, 0.1) is 0 Å². The molecule has 1 atom stereocenters. The summed E-state index contributed by atoms with van der Waals surface area (Å²) < 4.78 is 1.93. The second-order valence-electron chi connectivity index (χ2n) is 5.05. The van der Waals surface area contributed by atoms with Gasteiger partial charge in [0, 0.05) is 25.5 Å². The Hall–Kier alpha value is -2.21. The molecule has 0 aromatic carbocycles. The summed E-state index contributed by atoms with van der Waals surface area (Å²) in [5.41, 5.74) is 2.12. The Bertz CT molecular complexity index is 687. The Labute approximate surface area is 127 Å². The Kier molecular flexibility index (Phi) is 3.96. The Morgan fingerprint density at radius 1 is 1.29 bits per heavy atom. The number of aromatic nitrogens is 4. The van der Waals surface area contributed by atoms with Crippen LogP contribution in [0.1, 0.15) is 12.5 Å². The van der Waals surface area contributed by atoms with E-state index in [0.29, 0.717) is 6.04 Å². The standard InChI is InChI=1S/C15H17N5S/c1-11(9-12-5-8-21-10-12)17-14-4-3-13(18-19-14)15-16-6-7-20(15)2/h3-8,10-11H,9H2,1-2H3,(H,17,19). The van der Waals surface area contributed by atoms with Gasteiger partial charge in [-0.05, 0) is 47.9 Å². The summed E-state index contributed by atoms with van der Waals surface area (Å²) in [5.74, 6) is 1.61. The van der Waals surface area contributed by atoms with E-state index in [0.717, 1.165) is 23.8 Å². The van der Waals surface area contributed by atoms with E-state index in [1.807, 2.05) is 29.9 Å². The first-order chi connectivity index (χ1) is 10.2. The van der Waals surface area contributed by atoms with Gasteiger partial charge in [-0.1, -0.05) is 0 Å². The fourth-order valence-electron chi connectivity index (χ4n) is 2.21. The number of imidazole rings is 1. The van der Waals surface area contributed by atoms with Gasteiger partial charge in [-0.25, -0.2) is 4.98 Å². The molecule has 0 aliphatic rings. The quantitative estimate of drug-likeness (QED) is 0.787. The molecule has 0 radical (unpaired) electrons. The van der Waals surface area contributed by atoms with Crippen LogP contribution in [0, 0.1) is 0 Å². The first-order valence-electron chi connectivity index (χ1n) is 6.81. The monoisotopic (exact) mass is 299 g/mol. The molecule has 0 amide bonds. The molecule has 1 unspecified atom stereocenters. The van der Waals surface area contributed by atoms with E-state index in [1.165, 1.54) is 5.56 Å². The molecular formula is C15H17N5S. The highest BCUT2D eigenvalue weighted by Gasteiger charge is 2.08. The third-order valence-electron chi connectivity index (χ3n) is 3.23. The van der Waals surface area contributed by atoms with Gasteiger partial charge in [0.2, 0.25) is 0 Å². The highest BCUT2D eigenvalue weighted by atomic mass is 32.1. The van der Waals surface area contributed by atoms with Crippen LogP contribution in [0.3, 0.4) is 0 Å². The molecule has 3 aromatic rings. The third kappa shape index (κ3) is 3.28. The van der Waals surface area contributed by atoms with Crippen molar-refractivity contribution >= 4 is 17.2 Å². The van der Waals surface area contributed by atoms with Crippen molar-refractivity contribution < 1.29 is 0 Å². The van der Waals surface area contributed by atoms with Gasteiger partial charge in [-0.3, -0.25) is 0 Å². The van der Waals surface area contributed by atoms with E-state index in [9.17, 15) is 0 Å². The molecule has 0 spiro atoms. The minimum Gasteiger partial charge on any atom is -0.366 e. The first-order valence-corrected chi connectivity index (χ1v) is 7.75. The molecule has 0 saturated heterocycles. The van der Waals surface area contributed by atoms with E-state index in [2.05, 4.69) is 44.2 Å². The maximum Gasteiger partial charge on any atom is 0.160 e. The average molecular weight is 299 g/mol. The maximum atomic E-state index is 4.27. The smallest absolute Gasteiger partial charge is 0.160 e. The van der Waals surface area contributed by atoms with E-state index in [4.69, 9.17) is 0 Å². The van der Waals surface area contributed by atoms with Gasteiger partial charge in [0.15, 0.2) is 5.82 Å². The zero-order valence-corrected chi connectivity index (χ0v) is 12.8. The predicted molar refractivity (Wildman–Crippen MR) is 85.3 cm³/mol. The number of hydrogen-bond donors (Lipinski definition) is 1. The topological polar surface area (TPSA) is 55.6 Å². The van der Waals surface area contributed by atoms with E-state index in [1.54, 1.807) is 17.5 Å². The fraction of sp³-hybridized carbons (Fsp3) is 0.267. The molecule has 1 N–H and O–H groups in total. The van der Waals surface area contributed by atoms with Crippen LogP contribution in [0.5, 0.6) is 0 Å². The van der Waals surface area contributed by atoms with Gasteiger partial charge in [0.25, 0.3) is 0 Å². The van der Waals surface area contributed by atoms with Crippen LogP contribution in [0.15, 0.2) is 41.4 Å². The molecule has 0 aliphatic carbocycles. The van der Waals surface area contributed by atoms with E-state index >= 15 is 0 Å². The van der Waals surface area contributed by atoms with Crippen molar-refractivity contribution in [1.29, 1.82) is 0 Å². The molecular weight excluding hydrogens is 282 g/mol. The van der Waals surface area contributed by atoms with Crippen LogP contribution in [0.4, 0.5) is 5.82 Å². The van der Waals surface area contributed by atoms with Crippen molar-refractivity contribution in [3.8, 4) is 11.5 Å². The summed E-state index contributed by atoms with van der Waals surface area (Å²) in [5, 5.41) is 16.1. The molecule has 108 valence electrons. The van der Waals surface area contributed by atoms with Crippen LogP contribution < -0.4 is 5.32 Å². The third-order valence-corrected chi connectivity index (χ3v) is 3.96. The largest absolute Gasteiger partial charge is 0.366 e.